The first-order chi connectivity index (χ1) is 18.4. The molecule has 38 heavy (non-hydrogen) atoms. The topological polar surface area (TPSA) is 158 Å². The van der Waals surface area contributed by atoms with Gasteiger partial charge in [0.05, 0.1) is 17.5 Å². The molecule has 0 aliphatic carbocycles. The average Bonchev–Trinajstić information content (AvgIpc) is 3.50. The lowest BCUT2D eigenvalue weighted by Gasteiger charge is -2.24. The summed E-state index contributed by atoms with van der Waals surface area (Å²) in [5.74, 6) is -1.75. The van der Waals surface area contributed by atoms with Crippen LogP contribution in [0, 0.1) is 0 Å². The maximum Gasteiger partial charge on any atom is 0.338 e. The Kier molecular flexibility index (Phi) is 6.96. The number of nitrogen functional groups attached to an aromatic ring is 1. The highest BCUT2D eigenvalue weighted by atomic mass is 16.7. The van der Waals surface area contributed by atoms with Crippen molar-refractivity contribution in [1.29, 1.82) is 0 Å². The van der Waals surface area contributed by atoms with Crippen molar-refractivity contribution in [2.75, 3.05) is 12.3 Å². The zero-order valence-corrected chi connectivity index (χ0v) is 20.2. The Bertz CT molecular complexity index is 1460. The number of imidazole rings is 1. The smallest absolute Gasteiger partial charge is 0.338 e. The Balaban J connectivity index is 1.48. The Labute approximate surface area is 216 Å². The number of anilines is 1. The predicted octanol–water partition coefficient (Wildman–Crippen LogP) is 2.32. The molecular formula is C26H23N5O7. The third kappa shape index (κ3) is 5.02. The molecule has 0 spiro atoms. The van der Waals surface area contributed by atoms with Crippen LogP contribution in [-0.4, -0.2) is 62.3 Å². The van der Waals surface area contributed by atoms with Crippen molar-refractivity contribution in [3.8, 4) is 0 Å². The van der Waals surface area contributed by atoms with Crippen molar-refractivity contribution in [1.82, 2.24) is 19.5 Å². The van der Waals surface area contributed by atoms with Gasteiger partial charge >= 0.3 is 17.9 Å². The molecule has 4 atom stereocenters. The Morgan fingerprint density at radius 3 is 2.21 bits per heavy atom. The van der Waals surface area contributed by atoms with E-state index in [1.165, 1.54) is 24.1 Å². The summed E-state index contributed by atoms with van der Waals surface area (Å²) >= 11 is 0. The standard InChI is InChI=1S/C26H23N5O7/c1-15(32)36-21-20(38-26(34)17-10-6-3-7-11-17)18(12-35-25(33)16-8-4-2-5-9-16)37-24(21)31-14-30-19-22(27)28-13-29-23(19)31/h2-11,13-14,18,20-21,24H,12H2,1H3,(H2,27,28,29)/t18-,20-,21-,24-/m1/s1. The number of aromatic nitrogens is 4. The van der Waals surface area contributed by atoms with E-state index < -0.39 is 42.4 Å². The number of carbonyl (C=O) groups is 3. The second-order valence-electron chi connectivity index (χ2n) is 8.42. The molecule has 0 amide bonds. The van der Waals surface area contributed by atoms with Gasteiger partial charge in [-0.05, 0) is 24.3 Å². The Morgan fingerprint density at radius 2 is 1.55 bits per heavy atom. The monoisotopic (exact) mass is 517 g/mol. The number of benzene rings is 2. The van der Waals surface area contributed by atoms with E-state index in [4.69, 9.17) is 24.7 Å². The van der Waals surface area contributed by atoms with Gasteiger partial charge in [-0.25, -0.2) is 24.5 Å². The summed E-state index contributed by atoms with van der Waals surface area (Å²) < 4.78 is 24.6. The molecule has 0 bridgehead atoms. The van der Waals surface area contributed by atoms with E-state index in [-0.39, 0.29) is 18.0 Å². The van der Waals surface area contributed by atoms with Crippen LogP contribution in [0.4, 0.5) is 5.82 Å². The van der Waals surface area contributed by atoms with Gasteiger partial charge in [0.1, 0.15) is 24.6 Å². The van der Waals surface area contributed by atoms with Gasteiger partial charge < -0.3 is 24.7 Å². The number of esters is 3. The Morgan fingerprint density at radius 1 is 0.895 bits per heavy atom. The average molecular weight is 517 g/mol. The van der Waals surface area contributed by atoms with Gasteiger partial charge in [-0.2, -0.15) is 0 Å². The summed E-state index contributed by atoms with van der Waals surface area (Å²) in [7, 11) is 0. The molecule has 1 aliphatic heterocycles. The van der Waals surface area contributed by atoms with Crippen LogP contribution in [-0.2, 0) is 23.7 Å². The molecule has 0 saturated carbocycles. The number of ether oxygens (including phenoxy) is 4. The van der Waals surface area contributed by atoms with Crippen molar-refractivity contribution in [2.45, 2.75) is 31.5 Å². The van der Waals surface area contributed by atoms with Crippen molar-refractivity contribution in [3.63, 3.8) is 0 Å². The van der Waals surface area contributed by atoms with Gasteiger partial charge in [0.15, 0.2) is 29.9 Å². The van der Waals surface area contributed by atoms with Crippen LogP contribution in [0.3, 0.4) is 0 Å². The normalized spacial score (nSPS) is 20.7. The fourth-order valence-corrected chi connectivity index (χ4v) is 4.16. The largest absolute Gasteiger partial charge is 0.459 e. The molecule has 1 fully saturated rings. The molecule has 1 saturated heterocycles. The molecule has 0 unspecified atom stereocenters. The van der Waals surface area contributed by atoms with E-state index in [1.54, 1.807) is 60.7 Å². The van der Waals surface area contributed by atoms with Gasteiger partial charge in [-0.3, -0.25) is 9.36 Å². The second kappa shape index (κ2) is 10.6. The number of nitrogens with zero attached hydrogens (tertiary/aromatic N) is 4. The summed E-state index contributed by atoms with van der Waals surface area (Å²) in [5.41, 5.74) is 7.17. The van der Waals surface area contributed by atoms with Gasteiger partial charge in [0.25, 0.3) is 0 Å². The minimum atomic E-state index is -1.14. The van der Waals surface area contributed by atoms with Crippen LogP contribution in [0.15, 0.2) is 73.3 Å². The van der Waals surface area contributed by atoms with E-state index in [9.17, 15) is 14.4 Å². The quantitative estimate of drug-likeness (QED) is 0.283. The Hall–Kier alpha value is -4.84. The SMILES string of the molecule is CC(=O)O[C@@H]1[C@H](OC(=O)c2ccccc2)[C@@H](COC(=O)c2ccccc2)O[C@H]1n1cnc2c(N)ncnc21. The van der Waals surface area contributed by atoms with Crippen molar-refractivity contribution >= 4 is 34.9 Å². The molecule has 4 aromatic rings. The van der Waals surface area contributed by atoms with Gasteiger partial charge in [-0.15, -0.1) is 0 Å². The highest BCUT2D eigenvalue weighted by Gasteiger charge is 2.51. The third-order valence-corrected chi connectivity index (χ3v) is 5.89. The van der Waals surface area contributed by atoms with Crippen LogP contribution in [0.1, 0.15) is 33.9 Å². The molecule has 5 rings (SSSR count). The van der Waals surface area contributed by atoms with Crippen LogP contribution in [0.25, 0.3) is 11.2 Å². The lowest BCUT2D eigenvalue weighted by atomic mass is 10.1. The lowest BCUT2D eigenvalue weighted by molar-refractivity contribution is -0.156. The van der Waals surface area contributed by atoms with E-state index in [2.05, 4.69) is 15.0 Å². The first-order valence-corrected chi connectivity index (χ1v) is 11.7. The highest BCUT2D eigenvalue weighted by Crippen LogP contribution is 2.36. The molecule has 2 aromatic heterocycles. The molecule has 2 aromatic carbocycles. The maximum atomic E-state index is 13.0. The van der Waals surface area contributed by atoms with E-state index in [0.717, 1.165) is 0 Å². The molecule has 12 heteroatoms. The summed E-state index contributed by atoms with van der Waals surface area (Å²) in [6.07, 6.45) is -1.64. The van der Waals surface area contributed by atoms with Crippen molar-refractivity contribution in [2.24, 2.45) is 0 Å². The van der Waals surface area contributed by atoms with E-state index in [0.29, 0.717) is 16.7 Å². The van der Waals surface area contributed by atoms with Crippen LogP contribution >= 0.6 is 0 Å². The minimum absolute atomic E-state index is 0.149. The van der Waals surface area contributed by atoms with E-state index in [1.807, 2.05) is 0 Å². The van der Waals surface area contributed by atoms with Gasteiger partial charge in [0.2, 0.25) is 0 Å². The van der Waals surface area contributed by atoms with Crippen LogP contribution in [0.5, 0.6) is 0 Å². The number of nitrogens with two attached hydrogens (primary N) is 1. The predicted molar refractivity (Wildman–Crippen MR) is 132 cm³/mol. The van der Waals surface area contributed by atoms with Crippen molar-refractivity contribution in [3.05, 3.63) is 84.4 Å². The van der Waals surface area contributed by atoms with Crippen LogP contribution in [0.2, 0.25) is 0 Å². The summed E-state index contributed by atoms with van der Waals surface area (Å²) in [5, 5.41) is 0. The van der Waals surface area contributed by atoms with Crippen LogP contribution < -0.4 is 5.73 Å². The zero-order valence-electron chi connectivity index (χ0n) is 20.2. The number of carbonyl (C=O) groups excluding carboxylic acids is 3. The number of hydrogen-bond acceptors (Lipinski definition) is 11. The molecule has 3 heterocycles. The highest BCUT2D eigenvalue weighted by molar-refractivity contribution is 5.90. The van der Waals surface area contributed by atoms with E-state index >= 15 is 0 Å². The minimum Gasteiger partial charge on any atom is -0.459 e. The molecule has 194 valence electrons. The van der Waals surface area contributed by atoms with Crippen molar-refractivity contribution < 1.29 is 33.3 Å². The number of hydrogen-bond donors (Lipinski definition) is 1. The molecule has 1 aliphatic rings. The lowest BCUT2D eigenvalue weighted by Crippen LogP contribution is -2.41. The number of rotatable bonds is 7. The summed E-state index contributed by atoms with van der Waals surface area (Å²) in [6.45, 7) is 0.931. The zero-order chi connectivity index (χ0) is 26.6. The second-order valence-corrected chi connectivity index (χ2v) is 8.42. The maximum absolute atomic E-state index is 13.0. The third-order valence-electron chi connectivity index (χ3n) is 5.89. The molecule has 12 nitrogen and oxygen atoms in total. The first kappa shape index (κ1) is 24.8. The first-order valence-electron chi connectivity index (χ1n) is 11.7. The fourth-order valence-electron chi connectivity index (χ4n) is 4.16. The molecular weight excluding hydrogens is 494 g/mol. The number of fused-ring (bicyclic) bond motifs is 1. The molecule has 0 radical (unpaired) electrons. The molecule has 2 N–H and O–H groups in total. The van der Waals surface area contributed by atoms with Gasteiger partial charge in [0, 0.05) is 6.92 Å². The summed E-state index contributed by atoms with van der Waals surface area (Å²) in [4.78, 5) is 50.1. The summed E-state index contributed by atoms with van der Waals surface area (Å²) in [6, 6.07) is 16.7. The van der Waals surface area contributed by atoms with Gasteiger partial charge in [-0.1, -0.05) is 36.4 Å². The fraction of sp³-hybridized carbons (Fsp3) is 0.231.